The van der Waals surface area contributed by atoms with E-state index in [1.54, 1.807) is 12.1 Å². The summed E-state index contributed by atoms with van der Waals surface area (Å²) in [6.07, 6.45) is 11.3. The van der Waals surface area contributed by atoms with Gasteiger partial charge in [0.1, 0.15) is 5.97 Å². The highest BCUT2D eigenvalue weighted by molar-refractivity contribution is 6.38. The number of carbonyl (C=O) groups is 2. The molecule has 3 heteroatoms. The number of unbranched alkanes of at least 4 members (excludes halogenated alkanes) is 7. The van der Waals surface area contributed by atoms with Crippen LogP contribution in [0, 0.1) is 0 Å². The van der Waals surface area contributed by atoms with E-state index >= 15 is 0 Å². The lowest BCUT2D eigenvalue weighted by molar-refractivity contribution is -0.296. The molecule has 0 heterocycles. The minimum absolute atomic E-state index is 0.190. The van der Waals surface area contributed by atoms with Gasteiger partial charge in [0.05, 0.1) is 0 Å². The molecular formula is C18H25O3-. The largest absolute Gasteiger partial charge is 0.541 e. The average Bonchev–Trinajstić information content (AvgIpc) is 2.49. The van der Waals surface area contributed by atoms with E-state index < -0.39 is 11.8 Å². The molecule has 0 N–H and O–H groups in total. The van der Waals surface area contributed by atoms with Crippen LogP contribution in [0.15, 0.2) is 24.3 Å². The SMILES string of the molecule is CCCCCCCCCCc1ccc(C(=O)C(=O)[O-])cc1. The molecule has 1 aromatic carbocycles. The van der Waals surface area contributed by atoms with Crippen LogP contribution in [0.1, 0.15) is 74.2 Å². The Hall–Kier alpha value is -1.64. The van der Waals surface area contributed by atoms with E-state index in [1.807, 2.05) is 12.1 Å². The summed E-state index contributed by atoms with van der Waals surface area (Å²) >= 11 is 0. The second-order valence-electron chi connectivity index (χ2n) is 5.54. The highest BCUT2D eigenvalue weighted by Crippen LogP contribution is 2.12. The van der Waals surface area contributed by atoms with E-state index in [0.29, 0.717) is 0 Å². The number of Topliss-reactive ketones (excluding diaryl/α,β-unsaturated/α-hetero) is 1. The van der Waals surface area contributed by atoms with Gasteiger partial charge in [0.15, 0.2) is 0 Å². The monoisotopic (exact) mass is 289 g/mol. The first-order valence-corrected chi connectivity index (χ1v) is 7.99. The number of carboxylic acids is 1. The molecule has 116 valence electrons. The number of hydrogen-bond acceptors (Lipinski definition) is 3. The van der Waals surface area contributed by atoms with Crippen LogP contribution in [0.2, 0.25) is 0 Å². The number of benzene rings is 1. The van der Waals surface area contributed by atoms with Gasteiger partial charge in [-0.25, -0.2) is 0 Å². The summed E-state index contributed by atoms with van der Waals surface area (Å²) in [5.41, 5.74) is 1.34. The number of aliphatic carboxylic acids is 1. The molecular weight excluding hydrogens is 264 g/mol. The fraction of sp³-hybridized carbons (Fsp3) is 0.556. The average molecular weight is 289 g/mol. The van der Waals surface area contributed by atoms with Gasteiger partial charge in [0, 0.05) is 5.56 Å². The van der Waals surface area contributed by atoms with E-state index in [1.165, 1.54) is 44.9 Å². The zero-order valence-electron chi connectivity index (χ0n) is 12.9. The van der Waals surface area contributed by atoms with Crippen LogP contribution in [-0.4, -0.2) is 11.8 Å². The first kappa shape index (κ1) is 17.4. The van der Waals surface area contributed by atoms with Gasteiger partial charge in [0.25, 0.3) is 0 Å². The van der Waals surface area contributed by atoms with Crippen molar-refractivity contribution in [1.29, 1.82) is 0 Å². The predicted octanol–water partition coefficient (Wildman–Crippen LogP) is 3.30. The molecule has 0 spiro atoms. The molecule has 0 amide bonds. The number of ketones is 1. The lowest BCUT2D eigenvalue weighted by Crippen LogP contribution is -2.31. The second-order valence-corrected chi connectivity index (χ2v) is 5.54. The van der Waals surface area contributed by atoms with Gasteiger partial charge < -0.3 is 9.90 Å². The van der Waals surface area contributed by atoms with E-state index in [-0.39, 0.29) is 5.56 Å². The number of aryl methyl sites for hydroxylation is 1. The predicted molar refractivity (Wildman–Crippen MR) is 82.1 cm³/mol. The van der Waals surface area contributed by atoms with Crippen LogP contribution < -0.4 is 5.11 Å². The Labute approximate surface area is 127 Å². The molecule has 3 nitrogen and oxygen atoms in total. The summed E-state index contributed by atoms with van der Waals surface area (Å²) in [4.78, 5) is 21.7. The quantitative estimate of drug-likeness (QED) is 0.357. The summed E-state index contributed by atoms with van der Waals surface area (Å²) in [5.74, 6) is -2.60. The highest BCUT2D eigenvalue weighted by Gasteiger charge is 2.05. The molecule has 0 aliphatic carbocycles. The van der Waals surface area contributed by atoms with Crippen molar-refractivity contribution in [3.05, 3.63) is 35.4 Å². The minimum atomic E-state index is -1.65. The summed E-state index contributed by atoms with van der Waals surface area (Å²) in [5, 5.41) is 10.5. The Morgan fingerprint density at radius 3 is 1.90 bits per heavy atom. The third-order valence-electron chi connectivity index (χ3n) is 3.72. The van der Waals surface area contributed by atoms with Crippen molar-refractivity contribution < 1.29 is 14.7 Å². The molecule has 0 aromatic heterocycles. The van der Waals surface area contributed by atoms with Crippen molar-refractivity contribution in [3.63, 3.8) is 0 Å². The first-order valence-electron chi connectivity index (χ1n) is 7.99. The van der Waals surface area contributed by atoms with Crippen molar-refractivity contribution in [2.45, 2.75) is 64.7 Å². The Kier molecular flexibility index (Phi) is 8.41. The second kappa shape index (κ2) is 10.1. The number of carbonyl (C=O) groups excluding carboxylic acids is 2. The number of carboxylic acid groups (broad SMARTS) is 1. The van der Waals surface area contributed by atoms with Crippen LogP contribution in [0.25, 0.3) is 0 Å². The van der Waals surface area contributed by atoms with Gasteiger partial charge in [-0.2, -0.15) is 0 Å². The fourth-order valence-corrected chi connectivity index (χ4v) is 2.40. The van der Waals surface area contributed by atoms with Crippen molar-refractivity contribution in [3.8, 4) is 0 Å². The first-order chi connectivity index (χ1) is 10.1. The molecule has 21 heavy (non-hydrogen) atoms. The molecule has 0 aliphatic heterocycles. The lowest BCUT2D eigenvalue weighted by atomic mass is 10.0. The lowest BCUT2D eigenvalue weighted by Gasteiger charge is -2.05. The van der Waals surface area contributed by atoms with E-state index in [0.717, 1.165) is 18.4 Å². The molecule has 1 rings (SSSR count). The van der Waals surface area contributed by atoms with Crippen molar-refractivity contribution in [2.75, 3.05) is 0 Å². The maximum absolute atomic E-state index is 11.2. The smallest absolute Gasteiger partial charge is 0.208 e. The molecule has 0 bridgehead atoms. The maximum atomic E-state index is 11.2. The maximum Gasteiger partial charge on any atom is 0.208 e. The van der Waals surface area contributed by atoms with Crippen LogP contribution in [0.5, 0.6) is 0 Å². The highest BCUT2D eigenvalue weighted by atomic mass is 16.4. The van der Waals surface area contributed by atoms with Gasteiger partial charge in [-0.1, -0.05) is 76.1 Å². The van der Waals surface area contributed by atoms with Gasteiger partial charge >= 0.3 is 0 Å². The standard InChI is InChI=1S/C18H26O3/c1-2-3-4-5-6-7-8-9-10-15-11-13-16(14-12-15)17(19)18(20)21/h11-14H,2-10H2,1H3,(H,20,21)/p-1. The molecule has 0 fully saturated rings. The van der Waals surface area contributed by atoms with Crippen molar-refractivity contribution in [1.82, 2.24) is 0 Å². The third-order valence-corrected chi connectivity index (χ3v) is 3.72. The molecule has 0 atom stereocenters. The summed E-state index contributed by atoms with van der Waals surface area (Å²) in [6, 6.07) is 6.80. The normalized spacial score (nSPS) is 10.5. The zero-order chi connectivity index (χ0) is 15.5. The van der Waals surface area contributed by atoms with Gasteiger partial charge in [-0.05, 0) is 18.4 Å². The molecule has 0 radical (unpaired) electrons. The van der Waals surface area contributed by atoms with Crippen molar-refractivity contribution in [2.24, 2.45) is 0 Å². The fourth-order valence-electron chi connectivity index (χ4n) is 2.40. The summed E-state index contributed by atoms with van der Waals surface area (Å²) < 4.78 is 0. The van der Waals surface area contributed by atoms with Gasteiger partial charge in [0.2, 0.25) is 5.78 Å². The van der Waals surface area contributed by atoms with Crippen LogP contribution in [0.3, 0.4) is 0 Å². The minimum Gasteiger partial charge on any atom is -0.541 e. The Bertz CT molecular complexity index is 434. The number of hydrogen-bond donors (Lipinski definition) is 0. The third kappa shape index (κ3) is 7.07. The summed E-state index contributed by atoms with van der Waals surface area (Å²) in [7, 11) is 0. The van der Waals surface area contributed by atoms with Crippen molar-refractivity contribution >= 4 is 11.8 Å². The Morgan fingerprint density at radius 2 is 1.38 bits per heavy atom. The molecule has 0 saturated heterocycles. The zero-order valence-corrected chi connectivity index (χ0v) is 12.9. The molecule has 0 saturated carbocycles. The van der Waals surface area contributed by atoms with E-state index in [4.69, 9.17) is 0 Å². The van der Waals surface area contributed by atoms with Crippen LogP contribution in [0.4, 0.5) is 0 Å². The van der Waals surface area contributed by atoms with E-state index in [2.05, 4.69) is 6.92 Å². The molecule has 0 unspecified atom stereocenters. The molecule has 1 aromatic rings. The van der Waals surface area contributed by atoms with Gasteiger partial charge in [-0.3, -0.25) is 4.79 Å². The van der Waals surface area contributed by atoms with Crippen LogP contribution >= 0.6 is 0 Å². The summed E-state index contributed by atoms with van der Waals surface area (Å²) in [6.45, 7) is 2.23. The Morgan fingerprint density at radius 1 is 0.857 bits per heavy atom. The van der Waals surface area contributed by atoms with Crippen LogP contribution in [-0.2, 0) is 11.2 Å². The number of rotatable bonds is 11. The topological polar surface area (TPSA) is 57.2 Å². The molecule has 0 aliphatic rings. The van der Waals surface area contributed by atoms with Gasteiger partial charge in [-0.15, -0.1) is 0 Å². The Balaban J connectivity index is 2.18. The van der Waals surface area contributed by atoms with E-state index in [9.17, 15) is 14.7 Å².